The van der Waals surface area contributed by atoms with Gasteiger partial charge in [0.05, 0.1) is 23.9 Å². The van der Waals surface area contributed by atoms with Gasteiger partial charge in [0, 0.05) is 42.4 Å². The first-order valence-electron chi connectivity index (χ1n) is 13.9. The van der Waals surface area contributed by atoms with Crippen LogP contribution in [0.2, 0.25) is 0 Å². The summed E-state index contributed by atoms with van der Waals surface area (Å²) in [5, 5.41) is 3.28. The summed E-state index contributed by atoms with van der Waals surface area (Å²) < 4.78 is 12.8. The summed E-state index contributed by atoms with van der Waals surface area (Å²) in [5.74, 6) is 0.515. The molecule has 2 aliphatic heterocycles. The zero-order valence-electron chi connectivity index (χ0n) is 23.8. The van der Waals surface area contributed by atoms with Crippen LogP contribution in [-0.2, 0) is 9.47 Å². The third kappa shape index (κ3) is 7.56. The van der Waals surface area contributed by atoms with Crippen molar-refractivity contribution in [2.45, 2.75) is 78.4 Å². The smallest absolute Gasteiger partial charge is 0.409 e. The van der Waals surface area contributed by atoms with Crippen molar-refractivity contribution in [1.82, 2.24) is 10.2 Å². The van der Waals surface area contributed by atoms with E-state index in [9.17, 15) is 9.59 Å². The van der Waals surface area contributed by atoms with E-state index in [2.05, 4.69) is 48.1 Å². The summed E-state index contributed by atoms with van der Waals surface area (Å²) in [6.07, 6.45) is 11.4. The van der Waals surface area contributed by atoms with E-state index < -0.39 is 5.60 Å². The van der Waals surface area contributed by atoms with Crippen LogP contribution in [0, 0.1) is 0 Å². The molecule has 2 amide bonds. The Morgan fingerprint density at radius 3 is 2.59 bits per heavy atom. The normalized spacial score (nSPS) is 21.7. The van der Waals surface area contributed by atoms with Gasteiger partial charge in [-0.3, -0.25) is 4.79 Å². The Morgan fingerprint density at radius 2 is 1.97 bits per heavy atom. The Labute approximate surface area is 241 Å². The number of nitrogens with zero attached hydrogens (tertiary/aromatic N) is 1. The Morgan fingerprint density at radius 1 is 1.26 bits per heavy atom. The highest BCUT2D eigenvalue weighted by atomic mass is 79.9. The molecule has 2 fully saturated rings. The molecule has 0 aliphatic carbocycles. The molecule has 8 heteroatoms. The fraction of sp³-hybridized carbons (Fsp3) is 0.484. The molecule has 0 bridgehead atoms. The number of nitrogens with one attached hydrogen (secondary N) is 1. The molecule has 0 saturated carbocycles. The lowest BCUT2D eigenvalue weighted by molar-refractivity contribution is -0.0658. The molecule has 212 valence electrons. The largest absolute Gasteiger partial charge is 0.487 e. The Balaban J connectivity index is 1.94. The second-order valence-electron chi connectivity index (χ2n) is 10.1. The number of carbonyl (C=O) groups excluding carboxylic acids is 2. The summed E-state index contributed by atoms with van der Waals surface area (Å²) in [4.78, 5) is 27.7. The maximum absolute atomic E-state index is 13.7. The van der Waals surface area contributed by atoms with Crippen LogP contribution in [0.1, 0.15) is 82.6 Å². The number of ether oxygens (including phenoxy) is 2. The quantitative estimate of drug-likeness (QED) is 0.326. The number of para-hydroxylation sites is 1. The van der Waals surface area contributed by atoms with Gasteiger partial charge in [-0.25, -0.2) is 4.79 Å². The molecule has 0 aromatic heterocycles. The third-order valence-corrected chi connectivity index (χ3v) is 7.92. The number of halogens is 1. The van der Waals surface area contributed by atoms with E-state index in [1.165, 1.54) is 5.57 Å². The molecule has 39 heavy (non-hydrogen) atoms. The van der Waals surface area contributed by atoms with Crippen molar-refractivity contribution in [3.05, 3.63) is 68.9 Å². The molecule has 2 heterocycles. The molecular formula is C31H42BrN3O4. The number of nitrogen functional groups attached to an aromatic ring is 1. The number of piperidine rings is 1. The highest BCUT2D eigenvalue weighted by Gasteiger charge is 2.46. The molecule has 1 aromatic rings. The molecule has 2 saturated heterocycles. The van der Waals surface area contributed by atoms with Crippen LogP contribution in [-0.4, -0.2) is 48.2 Å². The number of anilines is 1. The average molecular weight is 601 g/mol. The highest BCUT2D eigenvalue weighted by molar-refractivity contribution is 9.11. The van der Waals surface area contributed by atoms with Crippen molar-refractivity contribution in [2.24, 2.45) is 0 Å². The maximum atomic E-state index is 13.7. The molecule has 0 radical (unpaired) electrons. The van der Waals surface area contributed by atoms with E-state index in [4.69, 9.17) is 15.2 Å². The van der Waals surface area contributed by atoms with Crippen molar-refractivity contribution < 1.29 is 19.1 Å². The Kier molecular flexibility index (Phi) is 10.9. The van der Waals surface area contributed by atoms with Crippen LogP contribution in [0.5, 0.6) is 0 Å². The van der Waals surface area contributed by atoms with Gasteiger partial charge in [-0.2, -0.15) is 0 Å². The van der Waals surface area contributed by atoms with E-state index in [1.54, 1.807) is 11.0 Å². The van der Waals surface area contributed by atoms with Gasteiger partial charge in [-0.15, -0.1) is 0 Å². The second-order valence-corrected chi connectivity index (χ2v) is 11.0. The maximum Gasteiger partial charge on any atom is 0.409 e. The fourth-order valence-corrected chi connectivity index (χ4v) is 5.61. The van der Waals surface area contributed by atoms with Crippen LogP contribution in [0.15, 0.2) is 57.8 Å². The molecule has 1 atom stereocenters. The standard InChI is InChI=1S/C31H42BrN3O4/c1-6-11-23(32)19-25-26(34-29(36)24-13-10-12-22(28(24)33)18-21(5)7-2)20-31(39-27(25)8-3)14-16-35(17-15-31)30(37)38-9-4/h8,10-13,18-19,26H,6-7,9,14-17,20,33H2,1-5H3,(H,34,36)/b21-18+,23-11-,25-19-,27-8+. The summed E-state index contributed by atoms with van der Waals surface area (Å²) >= 11 is 3.65. The van der Waals surface area contributed by atoms with Crippen LogP contribution < -0.4 is 11.1 Å². The number of benzene rings is 1. The van der Waals surface area contributed by atoms with Crippen LogP contribution >= 0.6 is 15.9 Å². The summed E-state index contributed by atoms with van der Waals surface area (Å²) in [6, 6.07) is 5.26. The summed E-state index contributed by atoms with van der Waals surface area (Å²) in [6.45, 7) is 11.4. The monoisotopic (exact) mass is 599 g/mol. The number of allylic oxidation sites excluding steroid dienone is 5. The van der Waals surface area contributed by atoms with Gasteiger partial charge in [0.15, 0.2) is 0 Å². The number of nitrogens with two attached hydrogens (primary N) is 1. The first kappa shape index (κ1) is 30.5. The second kappa shape index (κ2) is 13.9. The predicted octanol–water partition coefficient (Wildman–Crippen LogP) is 7.11. The van der Waals surface area contributed by atoms with Crippen molar-refractivity contribution in [2.75, 3.05) is 25.4 Å². The van der Waals surface area contributed by atoms with Crippen LogP contribution in [0.25, 0.3) is 6.08 Å². The van der Waals surface area contributed by atoms with E-state index >= 15 is 0 Å². The molecule has 1 spiro atoms. The lowest BCUT2D eigenvalue weighted by Crippen LogP contribution is -2.54. The Hall–Kier alpha value is -3.00. The highest BCUT2D eigenvalue weighted by Crippen LogP contribution is 2.42. The van der Waals surface area contributed by atoms with E-state index in [1.807, 2.05) is 44.2 Å². The average Bonchev–Trinajstić information content (AvgIpc) is 2.91. The van der Waals surface area contributed by atoms with Gasteiger partial charge in [-0.05, 0) is 57.4 Å². The van der Waals surface area contributed by atoms with Crippen molar-refractivity contribution >= 4 is 39.7 Å². The first-order chi connectivity index (χ1) is 18.7. The van der Waals surface area contributed by atoms with Gasteiger partial charge in [0.1, 0.15) is 11.4 Å². The minimum atomic E-state index is -0.505. The predicted molar refractivity (Wildman–Crippen MR) is 161 cm³/mol. The molecule has 7 nitrogen and oxygen atoms in total. The van der Waals surface area contributed by atoms with Gasteiger partial charge in [0.25, 0.3) is 5.91 Å². The van der Waals surface area contributed by atoms with Crippen LogP contribution in [0.4, 0.5) is 10.5 Å². The van der Waals surface area contributed by atoms with Crippen molar-refractivity contribution in [3.8, 4) is 0 Å². The lowest BCUT2D eigenvalue weighted by Gasteiger charge is -2.48. The third-order valence-electron chi connectivity index (χ3n) is 7.37. The topological polar surface area (TPSA) is 93.9 Å². The molecule has 2 aliphatic rings. The number of rotatable bonds is 7. The van der Waals surface area contributed by atoms with Gasteiger partial charge < -0.3 is 25.4 Å². The molecular weight excluding hydrogens is 558 g/mol. The minimum Gasteiger partial charge on any atom is -0.487 e. The molecule has 3 N–H and O–H groups in total. The van der Waals surface area contributed by atoms with E-state index in [0.29, 0.717) is 50.2 Å². The van der Waals surface area contributed by atoms with Gasteiger partial charge >= 0.3 is 6.09 Å². The summed E-state index contributed by atoms with van der Waals surface area (Å²) in [5.41, 5.74) is 9.83. The number of hydrogen-bond acceptors (Lipinski definition) is 5. The van der Waals surface area contributed by atoms with Crippen molar-refractivity contribution in [3.63, 3.8) is 0 Å². The zero-order valence-corrected chi connectivity index (χ0v) is 25.4. The molecule has 1 unspecified atom stereocenters. The SMILES string of the molecule is C/C=C1/OC2(CCN(C(=O)OCC)CC2)CC(NC(=O)c2cccc(/C=C(\C)CC)c2N)/C1=C/C(Br)=C/CC. The van der Waals surface area contributed by atoms with E-state index in [-0.39, 0.29) is 18.0 Å². The number of hydrogen-bond donors (Lipinski definition) is 2. The first-order valence-corrected chi connectivity index (χ1v) is 14.7. The van der Waals surface area contributed by atoms with Crippen LogP contribution in [0.3, 0.4) is 0 Å². The number of likely N-dealkylation sites (tertiary alicyclic amines) is 1. The van der Waals surface area contributed by atoms with Gasteiger partial charge in [-0.1, -0.05) is 59.6 Å². The zero-order chi connectivity index (χ0) is 28.6. The summed E-state index contributed by atoms with van der Waals surface area (Å²) in [7, 11) is 0. The molecule has 3 rings (SSSR count). The van der Waals surface area contributed by atoms with Crippen molar-refractivity contribution in [1.29, 1.82) is 0 Å². The fourth-order valence-electron chi connectivity index (χ4n) is 5.04. The lowest BCUT2D eigenvalue weighted by atomic mass is 9.79. The number of amides is 2. The Bertz CT molecular complexity index is 1180. The molecule has 1 aromatic carbocycles. The van der Waals surface area contributed by atoms with E-state index in [0.717, 1.165) is 34.2 Å². The number of carbonyl (C=O) groups is 2. The minimum absolute atomic E-state index is 0.222. The van der Waals surface area contributed by atoms with Gasteiger partial charge in [0.2, 0.25) is 0 Å².